The molecule has 7 nitrogen and oxygen atoms in total. The molecule has 5 rings (SSSR count). The molecule has 0 amide bonds. The van der Waals surface area contributed by atoms with Crippen LogP contribution in [-0.4, -0.2) is 60.5 Å². The summed E-state index contributed by atoms with van der Waals surface area (Å²) in [7, 11) is 0. The third-order valence-electron chi connectivity index (χ3n) is 8.60. The summed E-state index contributed by atoms with van der Waals surface area (Å²) in [6, 6.07) is 10.8. The summed E-state index contributed by atoms with van der Waals surface area (Å²) in [5.41, 5.74) is 1.14. The van der Waals surface area contributed by atoms with Crippen LogP contribution < -0.4 is 20.4 Å². The molecular weight excluding hydrogens is 516 g/mol. The number of hydrogen-bond donors (Lipinski definition) is 2. The molecule has 0 aliphatic carbocycles. The molecule has 0 unspecified atom stereocenters. The molecule has 3 saturated heterocycles. The molecule has 0 bridgehead atoms. The molecule has 0 saturated carbocycles. The van der Waals surface area contributed by atoms with Gasteiger partial charge in [0.05, 0.1) is 0 Å². The summed E-state index contributed by atoms with van der Waals surface area (Å²) < 4.78 is 5.70. The van der Waals surface area contributed by atoms with E-state index in [-0.39, 0.29) is 5.41 Å². The van der Waals surface area contributed by atoms with Gasteiger partial charge in [0, 0.05) is 61.9 Å². The number of aromatic nitrogens is 2. The van der Waals surface area contributed by atoms with Crippen LogP contribution >= 0.6 is 23.8 Å². The first-order valence-corrected chi connectivity index (χ1v) is 15.0. The van der Waals surface area contributed by atoms with Gasteiger partial charge in [-0.25, -0.2) is 0 Å². The van der Waals surface area contributed by atoms with Crippen molar-refractivity contribution in [2.45, 2.75) is 70.3 Å². The molecule has 38 heavy (non-hydrogen) atoms. The van der Waals surface area contributed by atoms with Crippen molar-refractivity contribution in [2.75, 3.05) is 54.5 Å². The molecule has 9 heteroatoms. The molecule has 1 atom stereocenters. The first-order chi connectivity index (χ1) is 18.4. The van der Waals surface area contributed by atoms with Gasteiger partial charge in [-0.15, -0.1) is 0 Å². The summed E-state index contributed by atoms with van der Waals surface area (Å²) in [6.45, 7) is 9.87. The largest absolute Gasteiger partial charge is 0.381 e. The van der Waals surface area contributed by atoms with Gasteiger partial charge in [0.1, 0.15) is 11.6 Å². The number of rotatable bonds is 6. The van der Waals surface area contributed by atoms with Crippen LogP contribution in [0.3, 0.4) is 0 Å². The average molecular weight is 557 g/mol. The Morgan fingerprint density at radius 1 is 1.05 bits per heavy atom. The van der Waals surface area contributed by atoms with E-state index in [0.29, 0.717) is 23.6 Å². The summed E-state index contributed by atoms with van der Waals surface area (Å²) in [4.78, 5) is 14.7. The number of hydrogen-bond acceptors (Lipinski definition) is 6. The average Bonchev–Trinajstić information content (AvgIpc) is 2.93. The maximum atomic E-state index is 6.36. The predicted molar refractivity (Wildman–Crippen MR) is 161 cm³/mol. The lowest BCUT2D eigenvalue weighted by Crippen LogP contribution is -2.45. The van der Waals surface area contributed by atoms with Crippen molar-refractivity contribution in [1.82, 2.24) is 15.3 Å². The zero-order chi connectivity index (χ0) is 26.5. The van der Waals surface area contributed by atoms with Crippen LogP contribution in [0.1, 0.15) is 64.4 Å². The number of nitrogens with one attached hydrogen (secondary N) is 2. The van der Waals surface area contributed by atoms with Gasteiger partial charge in [0.25, 0.3) is 0 Å². The van der Waals surface area contributed by atoms with E-state index in [9.17, 15) is 0 Å². The second kappa shape index (κ2) is 12.3. The number of ether oxygens (including phenoxy) is 1. The predicted octanol–water partition coefficient (Wildman–Crippen LogP) is 5.78. The van der Waals surface area contributed by atoms with Crippen molar-refractivity contribution in [3.8, 4) is 0 Å². The number of anilines is 3. The molecule has 3 aliphatic heterocycles. The Kier molecular flexibility index (Phi) is 8.91. The van der Waals surface area contributed by atoms with Gasteiger partial charge in [-0.1, -0.05) is 30.7 Å². The molecule has 206 valence electrons. The SMILES string of the molecule is CC1CCN(c2cc(N3CCCC[C@H]3C)nc(NC(=S)NCC3(c4cccc(Cl)c4)CCOCC3)n2)CC1. The third kappa shape index (κ3) is 6.52. The number of benzene rings is 1. The fourth-order valence-corrected chi connectivity index (χ4v) is 6.36. The lowest BCUT2D eigenvalue weighted by Gasteiger charge is -2.38. The Morgan fingerprint density at radius 2 is 1.82 bits per heavy atom. The fourth-order valence-electron chi connectivity index (χ4n) is 6.01. The van der Waals surface area contributed by atoms with Gasteiger partial charge in [-0.3, -0.25) is 0 Å². The standard InChI is InChI=1S/C29H41ClN6OS/c1-21-9-14-35(15-10-21)25-19-26(36-13-4-3-6-22(36)2)33-27(32-25)34-28(38)31-20-29(11-16-37-17-12-29)23-7-5-8-24(30)18-23/h5,7-8,18-19,21-22H,3-4,6,9-17,20H2,1-2H3,(H2,31,32,33,34,38)/t22-/m1/s1. The van der Waals surface area contributed by atoms with Crippen LogP contribution in [0.15, 0.2) is 30.3 Å². The van der Waals surface area contributed by atoms with E-state index in [0.717, 1.165) is 68.3 Å². The maximum Gasteiger partial charge on any atom is 0.232 e. The summed E-state index contributed by atoms with van der Waals surface area (Å²) >= 11 is 12.1. The molecule has 3 aliphatic rings. The topological polar surface area (TPSA) is 65.5 Å². The zero-order valence-electron chi connectivity index (χ0n) is 22.7. The van der Waals surface area contributed by atoms with Crippen LogP contribution in [0.4, 0.5) is 17.6 Å². The van der Waals surface area contributed by atoms with E-state index < -0.39 is 0 Å². The lowest BCUT2D eigenvalue weighted by molar-refractivity contribution is 0.0515. The van der Waals surface area contributed by atoms with Gasteiger partial charge < -0.3 is 25.2 Å². The summed E-state index contributed by atoms with van der Waals surface area (Å²) in [5, 5.41) is 8.12. The lowest BCUT2D eigenvalue weighted by atomic mass is 9.74. The fraction of sp³-hybridized carbons (Fsp3) is 0.621. The van der Waals surface area contributed by atoms with Crippen LogP contribution in [-0.2, 0) is 10.2 Å². The zero-order valence-corrected chi connectivity index (χ0v) is 24.3. The van der Waals surface area contributed by atoms with Crippen LogP contribution in [0, 0.1) is 5.92 Å². The molecule has 4 heterocycles. The molecule has 2 aromatic rings. The van der Waals surface area contributed by atoms with E-state index >= 15 is 0 Å². The molecular formula is C29H41ClN6OS. The van der Waals surface area contributed by atoms with E-state index in [2.05, 4.69) is 52.5 Å². The van der Waals surface area contributed by atoms with E-state index in [1.807, 2.05) is 12.1 Å². The second-order valence-corrected chi connectivity index (χ2v) is 12.2. The molecule has 2 N–H and O–H groups in total. The van der Waals surface area contributed by atoms with Gasteiger partial charge in [0.2, 0.25) is 5.95 Å². The number of piperidine rings is 2. The number of nitrogens with zero attached hydrogens (tertiary/aromatic N) is 4. The van der Waals surface area contributed by atoms with Crippen LogP contribution in [0.2, 0.25) is 5.02 Å². The van der Waals surface area contributed by atoms with E-state index in [1.54, 1.807) is 0 Å². The minimum Gasteiger partial charge on any atom is -0.381 e. The van der Waals surface area contributed by atoms with Crippen molar-refractivity contribution < 1.29 is 4.74 Å². The Bertz CT molecular complexity index is 1100. The van der Waals surface area contributed by atoms with Gasteiger partial charge >= 0.3 is 0 Å². The monoisotopic (exact) mass is 556 g/mol. The summed E-state index contributed by atoms with van der Waals surface area (Å²) in [5.74, 6) is 3.31. The van der Waals surface area contributed by atoms with Crippen LogP contribution in [0.25, 0.3) is 0 Å². The smallest absolute Gasteiger partial charge is 0.232 e. The molecule has 1 aromatic heterocycles. The number of halogens is 1. The Morgan fingerprint density at radius 3 is 2.55 bits per heavy atom. The van der Waals surface area contributed by atoms with E-state index in [4.69, 9.17) is 38.5 Å². The van der Waals surface area contributed by atoms with Gasteiger partial charge in [0.15, 0.2) is 5.11 Å². The molecule has 0 spiro atoms. The number of thiocarbonyl (C=S) groups is 1. The van der Waals surface area contributed by atoms with Crippen molar-refractivity contribution in [1.29, 1.82) is 0 Å². The first kappa shape index (κ1) is 27.4. The third-order valence-corrected chi connectivity index (χ3v) is 9.09. The van der Waals surface area contributed by atoms with Crippen LogP contribution in [0.5, 0.6) is 0 Å². The highest BCUT2D eigenvalue weighted by Crippen LogP contribution is 2.35. The quantitative estimate of drug-likeness (QED) is 0.434. The van der Waals surface area contributed by atoms with Crippen molar-refractivity contribution in [3.63, 3.8) is 0 Å². The molecule has 3 fully saturated rings. The van der Waals surface area contributed by atoms with Crippen molar-refractivity contribution in [3.05, 3.63) is 40.9 Å². The summed E-state index contributed by atoms with van der Waals surface area (Å²) in [6.07, 6.45) is 7.88. The maximum absolute atomic E-state index is 6.36. The van der Waals surface area contributed by atoms with Gasteiger partial charge in [-0.05, 0) is 87.7 Å². The first-order valence-electron chi connectivity index (χ1n) is 14.2. The minimum atomic E-state index is -0.0868. The highest BCUT2D eigenvalue weighted by molar-refractivity contribution is 7.80. The highest BCUT2D eigenvalue weighted by atomic mass is 35.5. The van der Waals surface area contributed by atoms with E-state index in [1.165, 1.54) is 37.7 Å². The molecule has 1 aromatic carbocycles. The molecule has 0 radical (unpaired) electrons. The normalized spacial score (nSPS) is 22.2. The van der Waals surface area contributed by atoms with Crippen molar-refractivity contribution in [2.24, 2.45) is 5.92 Å². The second-order valence-electron chi connectivity index (χ2n) is 11.3. The Labute approximate surface area is 237 Å². The Balaban J connectivity index is 1.33. The minimum absolute atomic E-state index is 0.0868. The van der Waals surface area contributed by atoms with Crippen molar-refractivity contribution >= 4 is 46.5 Å². The van der Waals surface area contributed by atoms with Gasteiger partial charge in [-0.2, -0.15) is 9.97 Å². The highest BCUT2D eigenvalue weighted by Gasteiger charge is 2.35. The Hall–Kier alpha value is -2.16.